The van der Waals surface area contributed by atoms with Crippen molar-refractivity contribution in [3.8, 4) is 23.0 Å². The van der Waals surface area contributed by atoms with Crippen molar-refractivity contribution in [1.82, 2.24) is 0 Å². The van der Waals surface area contributed by atoms with Crippen molar-refractivity contribution in [3.63, 3.8) is 0 Å². The quantitative estimate of drug-likeness (QED) is 0.0411. The number of unbranched alkanes of at least 4 members (excludes halogenated alkanes) is 27. The van der Waals surface area contributed by atoms with Gasteiger partial charge in [0.1, 0.15) is 5.75 Å². The average Bonchev–Trinajstić information content (AvgIpc) is 3.21. The number of phenols is 1. The van der Waals surface area contributed by atoms with Gasteiger partial charge in [0.25, 0.3) is 0 Å². The molecule has 0 saturated heterocycles. The normalized spacial score (nSPS) is 11.2. The summed E-state index contributed by atoms with van der Waals surface area (Å²) in [5, 5.41) is 10.3. The molecule has 0 heterocycles. The highest BCUT2D eigenvalue weighted by Gasteiger charge is 2.22. The molecule has 6 heteroatoms. The van der Waals surface area contributed by atoms with Crippen LogP contribution in [0, 0.1) is 0 Å². The molecule has 2 aromatic rings. The van der Waals surface area contributed by atoms with Crippen LogP contribution in [0.2, 0.25) is 0 Å². The summed E-state index contributed by atoms with van der Waals surface area (Å²) in [5.41, 5.74) is 0.512. The molecule has 6 nitrogen and oxygen atoms in total. The van der Waals surface area contributed by atoms with E-state index in [0.29, 0.717) is 42.6 Å². The van der Waals surface area contributed by atoms with Gasteiger partial charge < -0.3 is 19.3 Å². The van der Waals surface area contributed by atoms with Crippen LogP contribution in [0.25, 0.3) is 0 Å². The maximum Gasteiger partial charge on any atom is 0.203 e. The first-order chi connectivity index (χ1) is 28.0. The Hall–Kier alpha value is -3.02. The van der Waals surface area contributed by atoms with E-state index in [1.807, 2.05) is 0 Å². The zero-order chi connectivity index (χ0) is 41.0. The molecular formula is C51H84O6. The first-order valence-corrected chi connectivity index (χ1v) is 23.9. The van der Waals surface area contributed by atoms with E-state index in [-0.39, 0.29) is 23.5 Å². The Kier molecular flexibility index (Phi) is 30.8. The van der Waals surface area contributed by atoms with Crippen LogP contribution in [0.3, 0.4) is 0 Å². The van der Waals surface area contributed by atoms with Crippen molar-refractivity contribution in [1.29, 1.82) is 0 Å². The van der Waals surface area contributed by atoms with Crippen LogP contribution < -0.4 is 14.2 Å². The highest BCUT2D eigenvalue weighted by atomic mass is 16.5. The Morgan fingerprint density at radius 3 is 1.14 bits per heavy atom. The first-order valence-electron chi connectivity index (χ1n) is 23.9. The van der Waals surface area contributed by atoms with Gasteiger partial charge in [0.05, 0.1) is 31.8 Å². The summed E-state index contributed by atoms with van der Waals surface area (Å²) in [6.07, 6.45) is 37.0. The number of ketones is 2. The molecule has 2 rings (SSSR count). The molecule has 1 N–H and O–H groups in total. The van der Waals surface area contributed by atoms with Crippen LogP contribution in [0.1, 0.15) is 241 Å². The molecule has 0 bridgehead atoms. The van der Waals surface area contributed by atoms with E-state index in [1.165, 1.54) is 160 Å². The van der Waals surface area contributed by atoms with Crippen LogP contribution in [-0.4, -0.2) is 36.5 Å². The van der Waals surface area contributed by atoms with E-state index in [4.69, 9.17) is 14.2 Å². The fourth-order valence-electron chi connectivity index (χ4n) is 7.45. The number of rotatable bonds is 40. The highest BCUT2D eigenvalue weighted by molar-refractivity contribution is 6.14. The monoisotopic (exact) mass is 793 g/mol. The minimum absolute atomic E-state index is 0.118. The molecule has 0 aliphatic carbocycles. The minimum Gasteiger partial charge on any atom is -0.507 e. The molecule has 0 amide bonds. The lowest BCUT2D eigenvalue weighted by Crippen LogP contribution is -2.11. The highest BCUT2D eigenvalue weighted by Crippen LogP contribution is 2.40. The lowest BCUT2D eigenvalue weighted by Gasteiger charge is -2.19. The SMILES string of the molecule is CCCCCCCCCCCCOc1cc(C(=O)CC(=O)c2ccccc2O)cc(OCCCCCCCCCCCC)c1OCCCCCCCCCCCC. The van der Waals surface area contributed by atoms with Crippen molar-refractivity contribution in [3.05, 3.63) is 47.5 Å². The molecule has 0 aliphatic heterocycles. The molecule has 0 atom stereocenters. The molecule has 0 spiro atoms. The molecule has 324 valence electrons. The van der Waals surface area contributed by atoms with E-state index in [1.54, 1.807) is 30.3 Å². The summed E-state index contributed by atoms with van der Waals surface area (Å²) < 4.78 is 19.3. The number of carbonyl (C=O) groups is 2. The first kappa shape index (κ1) is 50.1. The number of para-hydroxylation sites is 1. The number of carbonyl (C=O) groups excluding carboxylic acids is 2. The molecule has 57 heavy (non-hydrogen) atoms. The number of Topliss-reactive ketones (excluding diaryl/α,β-unsaturated/α-hetero) is 2. The Morgan fingerprint density at radius 2 is 0.772 bits per heavy atom. The largest absolute Gasteiger partial charge is 0.507 e. The summed E-state index contributed by atoms with van der Waals surface area (Å²) in [6, 6.07) is 9.85. The van der Waals surface area contributed by atoms with E-state index in [2.05, 4.69) is 20.8 Å². The molecule has 0 aromatic heterocycles. The number of benzene rings is 2. The molecule has 2 aromatic carbocycles. The number of ether oxygens (including phenoxy) is 3. The van der Waals surface area contributed by atoms with E-state index >= 15 is 0 Å². The second-order valence-corrected chi connectivity index (χ2v) is 16.4. The van der Waals surface area contributed by atoms with Crippen LogP contribution >= 0.6 is 0 Å². The second kappa shape index (κ2) is 35.0. The molecule has 0 aliphatic rings. The topological polar surface area (TPSA) is 82.1 Å². The van der Waals surface area contributed by atoms with Gasteiger partial charge in [-0.15, -0.1) is 0 Å². The molecule has 0 unspecified atom stereocenters. The molecular weight excluding hydrogens is 709 g/mol. The fourth-order valence-corrected chi connectivity index (χ4v) is 7.45. The van der Waals surface area contributed by atoms with Crippen LogP contribution in [0.5, 0.6) is 23.0 Å². The van der Waals surface area contributed by atoms with Crippen molar-refractivity contribution < 1.29 is 28.9 Å². The van der Waals surface area contributed by atoms with E-state index < -0.39 is 5.78 Å². The van der Waals surface area contributed by atoms with Crippen molar-refractivity contribution in [2.24, 2.45) is 0 Å². The predicted molar refractivity (Wildman–Crippen MR) is 240 cm³/mol. The van der Waals surface area contributed by atoms with Gasteiger partial charge in [-0.05, 0) is 43.5 Å². The minimum atomic E-state index is -0.417. The van der Waals surface area contributed by atoms with Crippen molar-refractivity contribution in [2.45, 2.75) is 220 Å². The molecule has 0 radical (unpaired) electrons. The number of hydrogen-bond acceptors (Lipinski definition) is 6. The fraction of sp³-hybridized carbons (Fsp3) is 0.725. The summed E-state index contributed by atoms with van der Waals surface area (Å²) in [7, 11) is 0. The third kappa shape index (κ3) is 24.5. The van der Waals surface area contributed by atoms with Gasteiger partial charge in [0, 0.05) is 5.56 Å². The predicted octanol–water partition coefficient (Wildman–Crippen LogP) is 15.7. The Labute approximate surface area is 349 Å². The third-order valence-electron chi connectivity index (χ3n) is 11.1. The van der Waals surface area contributed by atoms with Crippen molar-refractivity contribution in [2.75, 3.05) is 19.8 Å². The van der Waals surface area contributed by atoms with Gasteiger partial charge in [-0.3, -0.25) is 9.59 Å². The van der Waals surface area contributed by atoms with Gasteiger partial charge >= 0.3 is 0 Å². The summed E-state index contributed by atoms with van der Waals surface area (Å²) in [6.45, 7) is 8.39. The van der Waals surface area contributed by atoms with Crippen LogP contribution in [-0.2, 0) is 0 Å². The summed E-state index contributed by atoms with van der Waals surface area (Å²) in [5.74, 6) is 0.715. The molecule has 0 fully saturated rings. The van der Waals surface area contributed by atoms with Crippen LogP contribution in [0.4, 0.5) is 0 Å². The maximum absolute atomic E-state index is 13.7. The Bertz CT molecular complexity index is 1240. The Morgan fingerprint density at radius 1 is 0.439 bits per heavy atom. The zero-order valence-electron chi connectivity index (χ0n) is 37.0. The lowest BCUT2D eigenvalue weighted by atomic mass is 10.00. The van der Waals surface area contributed by atoms with Gasteiger partial charge in [-0.2, -0.15) is 0 Å². The lowest BCUT2D eigenvalue weighted by molar-refractivity contribution is 0.0892. The molecule has 0 saturated carbocycles. The maximum atomic E-state index is 13.7. The smallest absolute Gasteiger partial charge is 0.203 e. The second-order valence-electron chi connectivity index (χ2n) is 16.4. The van der Waals surface area contributed by atoms with E-state index in [0.717, 1.165) is 38.5 Å². The van der Waals surface area contributed by atoms with E-state index in [9.17, 15) is 14.7 Å². The van der Waals surface area contributed by atoms with Gasteiger partial charge in [-0.25, -0.2) is 0 Å². The number of phenolic OH excluding ortho intramolecular Hbond substituents is 1. The summed E-state index contributed by atoms with van der Waals surface area (Å²) >= 11 is 0. The number of hydrogen-bond donors (Lipinski definition) is 1. The standard InChI is InChI=1S/C51H84O6/c1-4-7-10-13-16-19-22-25-28-33-38-55-49-41-44(47(53)43-48(54)45-36-31-32-37-46(45)52)42-50(56-39-34-29-26-23-20-17-14-11-8-5-2)51(49)57-40-35-30-27-24-21-18-15-12-9-6-3/h31-32,36-37,41-42,52H,4-30,33-35,38-40,43H2,1-3H3. The van der Waals surface area contributed by atoms with Crippen LogP contribution in [0.15, 0.2) is 36.4 Å². The Balaban J connectivity index is 2.10. The third-order valence-corrected chi connectivity index (χ3v) is 11.1. The zero-order valence-corrected chi connectivity index (χ0v) is 37.0. The van der Waals surface area contributed by atoms with Crippen molar-refractivity contribution >= 4 is 11.6 Å². The van der Waals surface area contributed by atoms with Gasteiger partial charge in [0.15, 0.2) is 23.1 Å². The van der Waals surface area contributed by atoms with Gasteiger partial charge in [0.2, 0.25) is 5.75 Å². The number of aromatic hydroxyl groups is 1. The average molecular weight is 793 g/mol. The summed E-state index contributed by atoms with van der Waals surface area (Å²) in [4.78, 5) is 26.8. The van der Waals surface area contributed by atoms with Gasteiger partial charge in [-0.1, -0.05) is 206 Å².